The first-order valence-corrected chi connectivity index (χ1v) is 11.9. The largest absolute Gasteiger partial charge is 0.309 e. The molecule has 3 heterocycles. The number of anilines is 2. The van der Waals surface area contributed by atoms with Crippen LogP contribution in [0.5, 0.6) is 0 Å². The molecule has 1 spiro atoms. The minimum absolute atomic E-state index is 0.0500. The molecule has 3 aromatic rings. The Balaban J connectivity index is 1.79. The fraction of sp³-hybridized carbons (Fsp3) is 0.167. The molecule has 36 heavy (non-hydrogen) atoms. The average molecular weight is 471 g/mol. The minimum atomic E-state index is -1.56. The van der Waals surface area contributed by atoms with E-state index in [9.17, 15) is 14.9 Å². The number of hydrogen-bond donors (Lipinski definition) is 0. The molecule has 6 nitrogen and oxygen atoms in total. The summed E-state index contributed by atoms with van der Waals surface area (Å²) in [5, 5.41) is 10.8. The number of aromatic nitrogens is 1. The Bertz CT molecular complexity index is 1550. The molecule has 0 saturated heterocycles. The zero-order valence-electron chi connectivity index (χ0n) is 19.5. The first kappa shape index (κ1) is 21.7. The van der Waals surface area contributed by atoms with Crippen LogP contribution in [0.3, 0.4) is 0 Å². The van der Waals surface area contributed by atoms with E-state index in [2.05, 4.69) is 12.0 Å². The highest BCUT2D eigenvalue weighted by Gasteiger charge is 2.62. The van der Waals surface area contributed by atoms with Gasteiger partial charge < -0.3 is 4.57 Å². The predicted octanol–water partition coefficient (Wildman–Crippen LogP) is 4.63. The van der Waals surface area contributed by atoms with E-state index in [1.165, 1.54) is 4.90 Å². The van der Waals surface area contributed by atoms with E-state index in [0.717, 1.165) is 11.4 Å². The van der Waals surface area contributed by atoms with E-state index in [1.807, 2.05) is 88.6 Å². The Morgan fingerprint density at radius 3 is 2.39 bits per heavy atom. The lowest BCUT2D eigenvalue weighted by Crippen LogP contribution is -2.51. The molecule has 0 N–H and O–H groups in total. The summed E-state index contributed by atoms with van der Waals surface area (Å²) in [6.45, 7) is 0.0500. The molecule has 2 aromatic carbocycles. The van der Waals surface area contributed by atoms with Gasteiger partial charge in [0.15, 0.2) is 5.78 Å². The van der Waals surface area contributed by atoms with Gasteiger partial charge in [0, 0.05) is 47.0 Å². The van der Waals surface area contributed by atoms with Crippen LogP contribution in [-0.2, 0) is 15.0 Å². The highest BCUT2D eigenvalue weighted by Crippen LogP contribution is 2.58. The van der Waals surface area contributed by atoms with Crippen LogP contribution in [0.15, 0.2) is 96.0 Å². The summed E-state index contributed by atoms with van der Waals surface area (Å²) in [5.74, 6) is 2.67. The Labute approximate surface area is 209 Å². The summed E-state index contributed by atoms with van der Waals surface area (Å²) in [7, 11) is 0. The number of hydrogen-bond acceptors (Lipinski definition) is 4. The lowest BCUT2D eigenvalue weighted by Gasteiger charge is -2.45. The lowest BCUT2D eigenvalue weighted by molar-refractivity contribution is -0.124. The van der Waals surface area contributed by atoms with E-state index in [1.54, 1.807) is 0 Å². The summed E-state index contributed by atoms with van der Waals surface area (Å²) in [5.41, 5.74) is 1.90. The number of nitriles is 1. The van der Waals surface area contributed by atoms with Gasteiger partial charge in [-0.15, -0.1) is 6.42 Å². The first-order chi connectivity index (χ1) is 17.6. The third-order valence-corrected chi connectivity index (χ3v) is 7.23. The third-order valence-electron chi connectivity index (χ3n) is 7.23. The molecule has 1 atom stereocenters. The van der Waals surface area contributed by atoms with Crippen molar-refractivity contribution in [1.29, 1.82) is 5.26 Å². The van der Waals surface area contributed by atoms with Gasteiger partial charge in [-0.25, -0.2) is 0 Å². The molecular weight excluding hydrogens is 448 g/mol. The number of allylic oxidation sites excluding steroid dienone is 1. The van der Waals surface area contributed by atoms with Gasteiger partial charge in [0.1, 0.15) is 17.3 Å². The second-order valence-corrected chi connectivity index (χ2v) is 9.03. The van der Waals surface area contributed by atoms with Crippen LogP contribution in [0.2, 0.25) is 0 Å². The molecule has 1 amide bonds. The van der Waals surface area contributed by atoms with E-state index in [-0.39, 0.29) is 23.8 Å². The van der Waals surface area contributed by atoms with Crippen molar-refractivity contribution in [2.24, 2.45) is 0 Å². The Morgan fingerprint density at radius 1 is 0.944 bits per heavy atom. The summed E-state index contributed by atoms with van der Waals surface area (Å²) >= 11 is 0. The number of nitrogens with zero attached hydrogens (tertiary/aromatic N) is 4. The quantitative estimate of drug-likeness (QED) is 0.524. The fourth-order valence-corrected chi connectivity index (χ4v) is 5.90. The van der Waals surface area contributed by atoms with Crippen molar-refractivity contribution < 1.29 is 9.59 Å². The number of rotatable bonds is 3. The topological polar surface area (TPSA) is 69.3 Å². The zero-order valence-corrected chi connectivity index (χ0v) is 19.5. The molecule has 0 bridgehead atoms. The molecule has 1 unspecified atom stereocenters. The third kappa shape index (κ3) is 2.73. The molecule has 1 aliphatic carbocycles. The normalized spacial score (nSPS) is 20.9. The first-order valence-electron chi connectivity index (χ1n) is 11.9. The van der Waals surface area contributed by atoms with Gasteiger partial charge in [-0.05, 0) is 43.2 Å². The average Bonchev–Trinajstić information content (AvgIpc) is 3.52. The van der Waals surface area contributed by atoms with E-state index >= 15 is 0 Å². The van der Waals surface area contributed by atoms with Crippen molar-refractivity contribution in [3.63, 3.8) is 0 Å². The smallest absolute Gasteiger partial charge is 0.248 e. The van der Waals surface area contributed by atoms with Crippen molar-refractivity contribution in [1.82, 2.24) is 4.57 Å². The standard InChI is InChI=1S/C30H22N4O2/c1-2-17-33-24-14-7-6-13-22(24)30(29(33)36)23(20-31)28(32-18-8-9-19-32)34(21-11-4-3-5-12-21)25-15-10-16-26(35)27(25)30/h1,3-9,11-14,18-19H,10,15-17H2. The maximum atomic E-state index is 14.5. The Kier molecular flexibility index (Phi) is 4.91. The van der Waals surface area contributed by atoms with Crippen molar-refractivity contribution in [3.8, 4) is 18.4 Å². The molecule has 2 aliphatic heterocycles. The summed E-state index contributed by atoms with van der Waals surface area (Å²) in [6, 6.07) is 23.2. The van der Waals surface area contributed by atoms with Crippen LogP contribution in [0, 0.1) is 23.7 Å². The van der Waals surface area contributed by atoms with Crippen LogP contribution in [0.1, 0.15) is 24.8 Å². The minimum Gasteiger partial charge on any atom is -0.309 e. The number of fused-ring (bicyclic) bond motifs is 3. The molecule has 6 heteroatoms. The second kappa shape index (κ2) is 8.15. The molecule has 6 rings (SSSR count). The molecule has 1 aromatic heterocycles. The van der Waals surface area contributed by atoms with Crippen molar-refractivity contribution >= 4 is 28.9 Å². The summed E-state index contributed by atoms with van der Waals surface area (Å²) in [4.78, 5) is 31.8. The van der Waals surface area contributed by atoms with E-state index in [4.69, 9.17) is 6.42 Å². The SMILES string of the molecule is C#CCN1C(=O)C2(C(C#N)=C(n3cccc3)N(c3ccccc3)C3=C2C(=O)CCC3)c2ccccc21. The van der Waals surface area contributed by atoms with Crippen LogP contribution in [-0.4, -0.2) is 22.8 Å². The fourth-order valence-electron chi connectivity index (χ4n) is 5.90. The van der Waals surface area contributed by atoms with Gasteiger partial charge in [0.05, 0.1) is 12.1 Å². The van der Waals surface area contributed by atoms with Crippen LogP contribution < -0.4 is 9.80 Å². The van der Waals surface area contributed by atoms with Gasteiger partial charge in [0.2, 0.25) is 5.91 Å². The monoisotopic (exact) mass is 470 g/mol. The van der Waals surface area contributed by atoms with Gasteiger partial charge >= 0.3 is 0 Å². The van der Waals surface area contributed by atoms with Gasteiger partial charge in [-0.3, -0.25) is 19.4 Å². The lowest BCUT2D eigenvalue weighted by atomic mass is 9.63. The second-order valence-electron chi connectivity index (χ2n) is 9.03. The van der Waals surface area contributed by atoms with Gasteiger partial charge in [-0.1, -0.05) is 42.3 Å². The van der Waals surface area contributed by atoms with E-state index in [0.29, 0.717) is 41.9 Å². The Morgan fingerprint density at radius 2 is 1.67 bits per heavy atom. The van der Waals surface area contributed by atoms with Gasteiger partial charge in [-0.2, -0.15) is 5.26 Å². The number of para-hydroxylation sites is 2. The number of amides is 1. The highest BCUT2D eigenvalue weighted by molar-refractivity contribution is 6.22. The number of carbonyl (C=O) groups is 2. The van der Waals surface area contributed by atoms with Crippen LogP contribution in [0.25, 0.3) is 5.82 Å². The Hall–Kier alpha value is -4.81. The van der Waals surface area contributed by atoms with Crippen LogP contribution in [0.4, 0.5) is 11.4 Å². The summed E-state index contributed by atoms with van der Waals surface area (Å²) in [6.07, 6.45) is 11.0. The number of ketones is 1. The van der Waals surface area contributed by atoms with Gasteiger partial charge in [0.25, 0.3) is 0 Å². The molecule has 3 aliphatic rings. The van der Waals surface area contributed by atoms with Crippen LogP contribution >= 0.6 is 0 Å². The number of terminal acetylenes is 1. The molecule has 0 saturated carbocycles. The maximum absolute atomic E-state index is 14.5. The van der Waals surface area contributed by atoms with Crippen molar-refractivity contribution in [2.45, 2.75) is 24.7 Å². The highest BCUT2D eigenvalue weighted by atomic mass is 16.2. The van der Waals surface area contributed by atoms with Crippen molar-refractivity contribution in [3.05, 3.63) is 102 Å². The zero-order chi connectivity index (χ0) is 24.9. The van der Waals surface area contributed by atoms with Crippen molar-refractivity contribution in [2.75, 3.05) is 16.3 Å². The number of carbonyl (C=O) groups excluding carboxylic acids is 2. The molecule has 174 valence electrons. The number of Topliss-reactive ketones (excluding diaryl/α,β-unsaturated/α-hetero) is 1. The maximum Gasteiger partial charge on any atom is 0.248 e. The summed E-state index contributed by atoms with van der Waals surface area (Å²) < 4.78 is 1.86. The molecule has 0 radical (unpaired) electrons. The predicted molar refractivity (Wildman–Crippen MR) is 137 cm³/mol. The number of benzene rings is 2. The molecular formula is C30H22N4O2. The molecule has 0 fully saturated rings. The van der Waals surface area contributed by atoms with E-state index < -0.39 is 5.41 Å².